The third-order valence-corrected chi connectivity index (χ3v) is 2.16. The standard InChI is InChI=1S/C12H8F2N2O2/c13-12(14)18-10-3-1-8(2-4-10)11(17)9-5-15-7-16-6-9/h1-7,12H. The van der Waals surface area contributed by atoms with Gasteiger partial charge in [-0.3, -0.25) is 4.79 Å². The average Bonchev–Trinajstić information content (AvgIpc) is 2.39. The van der Waals surface area contributed by atoms with Crippen LogP contribution in [-0.2, 0) is 0 Å². The van der Waals surface area contributed by atoms with E-state index < -0.39 is 6.61 Å². The largest absolute Gasteiger partial charge is 0.435 e. The molecule has 0 N–H and O–H groups in total. The zero-order chi connectivity index (χ0) is 13.0. The predicted octanol–water partition coefficient (Wildman–Crippen LogP) is 2.31. The molecule has 0 spiro atoms. The van der Waals surface area contributed by atoms with Gasteiger partial charge in [0.1, 0.15) is 12.1 Å². The second kappa shape index (κ2) is 5.31. The first-order valence-corrected chi connectivity index (χ1v) is 5.01. The minimum absolute atomic E-state index is 0.00543. The Bertz CT molecular complexity index is 530. The molecule has 0 amide bonds. The van der Waals surface area contributed by atoms with Crippen LogP contribution in [-0.4, -0.2) is 22.4 Å². The number of aromatic nitrogens is 2. The number of carbonyl (C=O) groups is 1. The van der Waals surface area contributed by atoms with Gasteiger partial charge in [0.15, 0.2) is 5.78 Å². The van der Waals surface area contributed by atoms with Gasteiger partial charge in [-0.25, -0.2) is 9.97 Å². The van der Waals surface area contributed by atoms with Gasteiger partial charge >= 0.3 is 6.61 Å². The lowest BCUT2D eigenvalue weighted by Gasteiger charge is -2.05. The van der Waals surface area contributed by atoms with E-state index in [0.717, 1.165) is 0 Å². The van der Waals surface area contributed by atoms with Crippen LogP contribution in [0, 0.1) is 0 Å². The Kier molecular flexibility index (Phi) is 3.57. The van der Waals surface area contributed by atoms with Crippen LogP contribution >= 0.6 is 0 Å². The molecule has 0 fully saturated rings. The van der Waals surface area contributed by atoms with Crippen molar-refractivity contribution in [2.24, 2.45) is 0 Å². The number of rotatable bonds is 4. The minimum atomic E-state index is -2.88. The van der Waals surface area contributed by atoms with E-state index >= 15 is 0 Å². The van der Waals surface area contributed by atoms with Crippen molar-refractivity contribution in [2.45, 2.75) is 6.61 Å². The summed E-state index contributed by atoms with van der Waals surface area (Å²) in [5.41, 5.74) is 0.687. The number of hydrogen-bond donors (Lipinski definition) is 0. The highest BCUT2D eigenvalue weighted by atomic mass is 19.3. The van der Waals surface area contributed by atoms with Crippen LogP contribution in [0.15, 0.2) is 43.0 Å². The number of carbonyl (C=O) groups excluding carboxylic acids is 1. The van der Waals surface area contributed by atoms with Gasteiger partial charge in [-0.1, -0.05) is 0 Å². The summed E-state index contributed by atoms with van der Waals surface area (Å²) in [7, 11) is 0. The lowest BCUT2D eigenvalue weighted by atomic mass is 10.1. The first-order chi connectivity index (χ1) is 8.66. The lowest BCUT2D eigenvalue weighted by Crippen LogP contribution is -2.04. The second-order valence-corrected chi connectivity index (χ2v) is 3.36. The van der Waals surface area contributed by atoms with Crippen molar-refractivity contribution in [2.75, 3.05) is 0 Å². The van der Waals surface area contributed by atoms with E-state index in [1.807, 2.05) is 0 Å². The Labute approximate surface area is 101 Å². The highest BCUT2D eigenvalue weighted by molar-refractivity contribution is 6.08. The van der Waals surface area contributed by atoms with E-state index in [4.69, 9.17) is 0 Å². The molecule has 2 rings (SSSR count). The van der Waals surface area contributed by atoms with E-state index in [9.17, 15) is 13.6 Å². The summed E-state index contributed by atoms with van der Waals surface area (Å²) < 4.78 is 28.1. The number of halogens is 2. The summed E-state index contributed by atoms with van der Waals surface area (Å²) in [5.74, 6) is -0.273. The summed E-state index contributed by atoms with van der Waals surface area (Å²) >= 11 is 0. The Balaban J connectivity index is 2.17. The first kappa shape index (κ1) is 12.1. The molecule has 2 aromatic rings. The molecule has 0 saturated carbocycles. The number of alkyl halides is 2. The smallest absolute Gasteiger partial charge is 0.387 e. The molecule has 6 heteroatoms. The topological polar surface area (TPSA) is 52.1 Å². The number of ketones is 1. The molecule has 0 saturated heterocycles. The van der Waals surface area contributed by atoms with Crippen LogP contribution in [0.3, 0.4) is 0 Å². The SMILES string of the molecule is O=C(c1ccc(OC(F)F)cc1)c1cncnc1. The number of nitrogens with zero attached hydrogens (tertiary/aromatic N) is 2. The molecule has 0 aliphatic rings. The van der Waals surface area contributed by atoms with Gasteiger partial charge in [-0.05, 0) is 24.3 Å². The second-order valence-electron chi connectivity index (χ2n) is 3.36. The van der Waals surface area contributed by atoms with Crippen molar-refractivity contribution in [3.63, 3.8) is 0 Å². The Hall–Kier alpha value is -2.37. The molecule has 1 aromatic heterocycles. The van der Waals surface area contributed by atoms with Crippen molar-refractivity contribution >= 4 is 5.78 Å². The molecule has 1 heterocycles. The fourth-order valence-corrected chi connectivity index (χ4v) is 1.37. The molecule has 0 unspecified atom stereocenters. The maximum absolute atomic E-state index is 11.9. The zero-order valence-corrected chi connectivity index (χ0v) is 9.09. The lowest BCUT2D eigenvalue weighted by molar-refractivity contribution is -0.0498. The molecule has 92 valence electrons. The van der Waals surface area contributed by atoms with Crippen LogP contribution < -0.4 is 4.74 Å². The van der Waals surface area contributed by atoms with Crippen molar-refractivity contribution in [1.82, 2.24) is 9.97 Å². The fourth-order valence-electron chi connectivity index (χ4n) is 1.37. The molecule has 4 nitrogen and oxygen atoms in total. The minimum Gasteiger partial charge on any atom is -0.435 e. The van der Waals surface area contributed by atoms with Crippen molar-refractivity contribution in [1.29, 1.82) is 0 Å². The van der Waals surface area contributed by atoms with E-state index in [1.54, 1.807) is 0 Å². The highest BCUT2D eigenvalue weighted by Gasteiger charge is 2.10. The fraction of sp³-hybridized carbons (Fsp3) is 0.0833. The van der Waals surface area contributed by atoms with Crippen molar-refractivity contribution in [3.8, 4) is 5.75 Å². The van der Waals surface area contributed by atoms with E-state index in [2.05, 4.69) is 14.7 Å². The van der Waals surface area contributed by atoms with E-state index in [-0.39, 0.29) is 11.5 Å². The number of benzene rings is 1. The Morgan fingerprint density at radius 1 is 1.06 bits per heavy atom. The molecule has 1 aromatic carbocycles. The third-order valence-electron chi connectivity index (χ3n) is 2.16. The maximum Gasteiger partial charge on any atom is 0.387 e. The molecule has 0 radical (unpaired) electrons. The predicted molar refractivity (Wildman–Crippen MR) is 58.5 cm³/mol. The summed E-state index contributed by atoms with van der Waals surface area (Å²) in [4.78, 5) is 19.4. The average molecular weight is 250 g/mol. The highest BCUT2D eigenvalue weighted by Crippen LogP contribution is 2.16. The maximum atomic E-state index is 11.9. The Morgan fingerprint density at radius 3 is 2.22 bits per heavy atom. The quantitative estimate of drug-likeness (QED) is 0.781. The summed E-state index contributed by atoms with van der Waals surface area (Å²) in [6.45, 7) is -2.88. The number of ether oxygens (including phenoxy) is 1. The van der Waals surface area contributed by atoms with Gasteiger partial charge in [-0.15, -0.1) is 0 Å². The van der Waals surface area contributed by atoms with Crippen LogP contribution in [0.5, 0.6) is 5.75 Å². The Morgan fingerprint density at radius 2 is 1.67 bits per heavy atom. The van der Waals surface area contributed by atoms with E-state index in [1.165, 1.54) is 43.0 Å². The molecule has 0 bridgehead atoms. The van der Waals surface area contributed by atoms with Crippen molar-refractivity contribution < 1.29 is 18.3 Å². The van der Waals surface area contributed by atoms with Gasteiger partial charge in [-0.2, -0.15) is 8.78 Å². The summed E-state index contributed by atoms with van der Waals surface area (Å²) in [5, 5.41) is 0. The summed E-state index contributed by atoms with van der Waals surface area (Å²) in [6, 6.07) is 5.44. The first-order valence-electron chi connectivity index (χ1n) is 5.01. The van der Waals surface area contributed by atoms with Gasteiger partial charge in [0.2, 0.25) is 0 Å². The van der Waals surface area contributed by atoms with E-state index in [0.29, 0.717) is 11.1 Å². The van der Waals surface area contributed by atoms with Gasteiger partial charge in [0.05, 0.1) is 5.56 Å². The molecule has 0 aliphatic heterocycles. The van der Waals surface area contributed by atoms with Gasteiger partial charge < -0.3 is 4.74 Å². The normalized spacial score (nSPS) is 10.4. The summed E-state index contributed by atoms with van der Waals surface area (Å²) in [6.07, 6.45) is 4.09. The van der Waals surface area contributed by atoms with Crippen molar-refractivity contribution in [3.05, 3.63) is 54.1 Å². The van der Waals surface area contributed by atoms with Gasteiger partial charge in [0.25, 0.3) is 0 Å². The monoisotopic (exact) mass is 250 g/mol. The molecule has 0 aliphatic carbocycles. The third kappa shape index (κ3) is 2.85. The van der Waals surface area contributed by atoms with Crippen LogP contribution in [0.25, 0.3) is 0 Å². The van der Waals surface area contributed by atoms with Crippen LogP contribution in [0.4, 0.5) is 8.78 Å². The van der Waals surface area contributed by atoms with Crippen LogP contribution in [0.2, 0.25) is 0 Å². The zero-order valence-electron chi connectivity index (χ0n) is 9.09. The molecular formula is C12H8F2N2O2. The number of hydrogen-bond acceptors (Lipinski definition) is 4. The van der Waals surface area contributed by atoms with Gasteiger partial charge in [0, 0.05) is 18.0 Å². The molecule has 0 atom stereocenters. The molecule has 18 heavy (non-hydrogen) atoms. The molecular weight excluding hydrogens is 242 g/mol. The van der Waals surface area contributed by atoms with Crippen LogP contribution in [0.1, 0.15) is 15.9 Å².